The highest BCUT2D eigenvalue weighted by Crippen LogP contribution is 2.20. The summed E-state index contributed by atoms with van der Waals surface area (Å²) in [5.41, 5.74) is 2.10. The van der Waals surface area contributed by atoms with Crippen molar-refractivity contribution < 1.29 is 9.26 Å². The molecule has 0 amide bonds. The van der Waals surface area contributed by atoms with Crippen LogP contribution >= 0.6 is 0 Å². The lowest BCUT2D eigenvalue weighted by atomic mass is 10.1. The van der Waals surface area contributed by atoms with E-state index in [9.17, 15) is 0 Å². The first kappa shape index (κ1) is 11.6. The standard InChI is InChI=1S/C12H15N3O2/c1-9-5-3-4-6-10(9)11-14-12(17-15-11)13-7-8-16-2/h3-6H,7-8H2,1-2H3,(H,13,14,15). The fraction of sp³-hybridized carbons (Fsp3) is 0.333. The molecule has 1 aromatic carbocycles. The van der Waals surface area contributed by atoms with E-state index in [2.05, 4.69) is 15.5 Å². The third-order valence-electron chi connectivity index (χ3n) is 2.39. The van der Waals surface area contributed by atoms with Crippen LogP contribution in [0.3, 0.4) is 0 Å². The van der Waals surface area contributed by atoms with Crippen molar-refractivity contribution in [2.75, 3.05) is 25.6 Å². The van der Waals surface area contributed by atoms with Gasteiger partial charge in [-0.05, 0) is 12.5 Å². The quantitative estimate of drug-likeness (QED) is 0.801. The van der Waals surface area contributed by atoms with E-state index in [0.29, 0.717) is 25.0 Å². The molecule has 1 aromatic heterocycles. The van der Waals surface area contributed by atoms with Gasteiger partial charge in [-0.15, -0.1) is 0 Å². The molecule has 0 radical (unpaired) electrons. The number of hydrogen-bond acceptors (Lipinski definition) is 5. The number of nitrogens with one attached hydrogen (secondary N) is 1. The fourth-order valence-electron chi connectivity index (χ4n) is 1.49. The molecule has 0 aliphatic heterocycles. The van der Waals surface area contributed by atoms with Crippen LogP contribution in [-0.4, -0.2) is 30.4 Å². The lowest BCUT2D eigenvalue weighted by Gasteiger charge is -1.99. The van der Waals surface area contributed by atoms with Crippen molar-refractivity contribution >= 4 is 6.01 Å². The molecule has 2 rings (SSSR count). The number of methoxy groups -OCH3 is 1. The lowest BCUT2D eigenvalue weighted by molar-refractivity contribution is 0.210. The second-order valence-corrected chi connectivity index (χ2v) is 3.66. The van der Waals surface area contributed by atoms with Crippen molar-refractivity contribution in [3.8, 4) is 11.4 Å². The summed E-state index contributed by atoms with van der Waals surface area (Å²) in [6.45, 7) is 3.26. The van der Waals surface area contributed by atoms with Gasteiger partial charge in [-0.25, -0.2) is 0 Å². The van der Waals surface area contributed by atoms with Crippen LogP contribution in [0, 0.1) is 6.92 Å². The van der Waals surface area contributed by atoms with Crippen molar-refractivity contribution in [1.29, 1.82) is 0 Å². The number of benzene rings is 1. The maximum Gasteiger partial charge on any atom is 0.321 e. The minimum absolute atomic E-state index is 0.417. The molecule has 0 unspecified atom stereocenters. The minimum atomic E-state index is 0.417. The fourth-order valence-corrected chi connectivity index (χ4v) is 1.49. The molecule has 0 fully saturated rings. The Bertz CT molecular complexity index is 482. The van der Waals surface area contributed by atoms with E-state index in [1.54, 1.807) is 7.11 Å². The molecule has 1 N–H and O–H groups in total. The Kier molecular flexibility index (Phi) is 3.72. The lowest BCUT2D eigenvalue weighted by Crippen LogP contribution is -2.07. The highest BCUT2D eigenvalue weighted by Gasteiger charge is 2.09. The van der Waals surface area contributed by atoms with Gasteiger partial charge in [0.25, 0.3) is 0 Å². The highest BCUT2D eigenvalue weighted by atomic mass is 16.5. The van der Waals surface area contributed by atoms with Gasteiger partial charge >= 0.3 is 6.01 Å². The summed E-state index contributed by atoms with van der Waals surface area (Å²) >= 11 is 0. The number of hydrogen-bond donors (Lipinski definition) is 1. The summed E-state index contributed by atoms with van der Waals surface area (Å²) in [7, 11) is 1.65. The molecule has 0 aliphatic rings. The molecule has 0 aliphatic carbocycles. The second kappa shape index (κ2) is 5.45. The van der Waals surface area contributed by atoms with Crippen LogP contribution in [-0.2, 0) is 4.74 Å². The zero-order valence-electron chi connectivity index (χ0n) is 9.93. The van der Waals surface area contributed by atoms with Gasteiger partial charge < -0.3 is 14.6 Å². The number of aromatic nitrogens is 2. The SMILES string of the molecule is COCCNc1nc(-c2ccccc2C)no1. The van der Waals surface area contributed by atoms with Crippen molar-refractivity contribution in [3.63, 3.8) is 0 Å². The Labute approximate surface area is 99.8 Å². The molecule has 0 saturated carbocycles. The summed E-state index contributed by atoms with van der Waals surface area (Å²) in [4.78, 5) is 4.27. The van der Waals surface area contributed by atoms with Crippen LogP contribution in [0.2, 0.25) is 0 Å². The number of anilines is 1. The van der Waals surface area contributed by atoms with Crippen molar-refractivity contribution in [2.45, 2.75) is 6.92 Å². The number of rotatable bonds is 5. The van der Waals surface area contributed by atoms with Gasteiger partial charge in [-0.3, -0.25) is 0 Å². The van der Waals surface area contributed by atoms with Gasteiger partial charge in [-0.2, -0.15) is 4.98 Å². The Hall–Kier alpha value is -1.88. The van der Waals surface area contributed by atoms with Crippen LogP contribution < -0.4 is 5.32 Å². The average molecular weight is 233 g/mol. The zero-order valence-corrected chi connectivity index (χ0v) is 9.93. The van der Waals surface area contributed by atoms with Gasteiger partial charge in [0.1, 0.15) is 0 Å². The Morgan fingerprint density at radius 3 is 2.94 bits per heavy atom. The molecule has 5 heteroatoms. The monoisotopic (exact) mass is 233 g/mol. The first-order chi connectivity index (χ1) is 8.31. The average Bonchev–Trinajstić information content (AvgIpc) is 2.79. The third-order valence-corrected chi connectivity index (χ3v) is 2.39. The maximum atomic E-state index is 5.09. The molecule has 0 bridgehead atoms. The number of aryl methyl sites for hydroxylation is 1. The Morgan fingerprint density at radius 2 is 2.18 bits per heavy atom. The van der Waals surface area contributed by atoms with Gasteiger partial charge in [0.05, 0.1) is 6.61 Å². The first-order valence-corrected chi connectivity index (χ1v) is 5.44. The first-order valence-electron chi connectivity index (χ1n) is 5.44. The van der Waals surface area contributed by atoms with Crippen LogP contribution in [0.4, 0.5) is 6.01 Å². The summed E-state index contributed by atoms with van der Waals surface area (Å²) in [6.07, 6.45) is 0. The Morgan fingerprint density at radius 1 is 1.35 bits per heavy atom. The molecule has 17 heavy (non-hydrogen) atoms. The molecule has 0 saturated heterocycles. The van der Waals surface area contributed by atoms with E-state index in [0.717, 1.165) is 11.1 Å². The summed E-state index contributed by atoms with van der Waals surface area (Å²) in [5.74, 6) is 0.600. The van der Waals surface area contributed by atoms with Gasteiger partial charge in [0.2, 0.25) is 5.82 Å². The van der Waals surface area contributed by atoms with E-state index >= 15 is 0 Å². The van der Waals surface area contributed by atoms with Crippen LogP contribution in [0.1, 0.15) is 5.56 Å². The van der Waals surface area contributed by atoms with E-state index < -0.39 is 0 Å². The van der Waals surface area contributed by atoms with Crippen molar-refractivity contribution in [3.05, 3.63) is 29.8 Å². The van der Waals surface area contributed by atoms with E-state index in [1.807, 2.05) is 31.2 Å². The molecule has 0 atom stereocenters. The van der Waals surface area contributed by atoms with E-state index in [1.165, 1.54) is 0 Å². The maximum absolute atomic E-state index is 5.09. The third kappa shape index (κ3) is 2.82. The van der Waals surface area contributed by atoms with Crippen LogP contribution in [0.15, 0.2) is 28.8 Å². The molecule has 5 nitrogen and oxygen atoms in total. The smallest absolute Gasteiger partial charge is 0.321 e. The van der Waals surface area contributed by atoms with Gasteiger partial charge in [0, 0.05) is 19.2 Å². The highest BCUT2D eigenvalue weighted by molar-refractivity contribution is 5.59. The van der Waals surface area contributed by atoms with Gasteiger partial charge in [-0.1, -0.05) is 29.4 Å². The van der Waals surface area contributed by atoms with E-state index in [-0.39, 0.29) is 0 Å². The van der Waals surface area contributed by atoms with Gasteiger partial charge in [0.15, 0.2) is 0 Å². The largest absolute Gasteiger partial charge is 0.383 e. The normalized spacial score (nSPS) is 10.5. The summed E-state index contributed by atoms with van der Waals surface area (Å²) < 4.78 is 10.0. The molecular formula is C12H15N3O2. The van der Waals surface area contributed by atoms with Crippen molar-refractivity contribution in [2.24, 2.45) is 0 Å². The second-order valence-electron chi connectivity index (χ2n) is 3.66. The van der Waals surface area contributed by atoms with Crippen LogP contribution in [0.25, 0.3) is 11.4 Å². The number of ether oxygens (including phenoxy) is 1. The van der Waals surface area contributed by atoms with Crippen LogP contribution in [0.5, 0.6) is 0 Å². The molecule has 90 valence electrons. The van der Waals surface area contributed by atoms with E-state index in [4.69, 9.17) is 9.26 Å². The summed E-state index contributed by atoms with van der Waals surface area (Å²) in [6, 6.07) is 8.34. The predicted octanol–water partition coefficient (Wildman–Crippen LogP) is 2.10. The van der Waals surface area contributed by atoms with Crippen molar-refractivity contribution in [1.82, 2.24) is 10.1 Å². The predicted molar refractivity (Wildman–Crippen MR) is 64.8 cm³/mol. The zero-order chi connectivity index (χ0) is 12.1. The topological polar surface area (TPSA) is 60.2 Å². The Balaban J connectivity index is 2.10. The molecular weight excluding hydrogens is 218 g/mol. The molecule has 2 aromatic rings. The summed E-state index contributed by atoms with van der Waals surface area (Å²) in [5, 5.41) is 6.93. The minimum Gasteiger partial charge on any atom is -0.383 e. The molecule has 0 spiro atoms. The molecule has 1 heterocycles. The number of nitrogens with zero attached hydrogens (tertiary/aromatic N) is 2.